The van der Waals surface area contributed by atoms with Crippen LogP contribution in [-0.4, -0.2) is 43.9 Å². The molecule has 0 saturated heterocycles. The van der Waals surface area contributed by atoms with Crippen molar-refractivity contribution >= 4 is 11.8 Å². The molecule has 0 amide bonds. The summed E-state index contributed by atoms with van der Waals surface area (Å²) in [5.74, 6) is 2.15. The molecule has 1 aliphatic carbocycles. The van der Waals surface area contributed by atoms with E-state index in [1.165, 1.54) is 6.20 Å². The largest absolute Gasteiger partial charge is 0.443 e. The van der Waals surface area contributed by atoms with E-state index in [2.05, 4.69) is 50.7 Å². The lowest BCUT2D eigenvalue weighted by molar-refractivity contribution is 0.00926. The summed E-state index contributed by atoms with van der Waals surface area (Å²) in [7, 11) is 0. The van der Waals surface area contributed by atoms with E-state index in [-0.39, 0.29) is 17.6 Å². The van der Waals surface area contributed by atoms with Gasteiger partial charge in [-0.25, -0.2) is 4.98 Å². The van der Waals surface area contributed by atoms with Crippen LogP contribution in [0.25, 0.3) is 0 Å². The van der Waals surface area contributed by atoms with Crippen molar-refractivity contribution in [1.82, 2.24) is 20.1 Å². The Balaban J connectivity index is 1.64. The molecule has 1 fully saturated rings. The van der Waals surface area contributed by atoms with E-state index >= 15 is 0 Å². The van der Waals surface area contributed by atoms with Crippen molar-refractivity contribution in [3.05, 3.63) is 23.5 Å². The van der Waals surface area contributed by atoms with Gasteiger partial charge in [0.15, 0.2) is 11.9 Å². The van der Waals surface area contributed by atoms with Gasteiger partial charge >= 0.3 is 0 Å². The third-order valence-electron chi connectivity index (χ3n) is 4.97. The number of aromatic nitrogens is 4. The first-order valence-corrected chi connectivity index (χ1v) is 9.15. The van der Waals surface area contributed by atoms with Gasteiger partial charge in [0.1, 0.15) is 17.5 Å². The van der Waals surface area contributed by atoms with Crippen LogP contribution in [0, 0.1) is 23.7 Å². The van der Waals surface area contributed by atoms with E-state index < -0.39 is 0 Å². The summed E-state index contributed by atoms with van der Waals surface area (Å²) in [5.41, 5.74) is 0.361. The summed E-state index contributed by atoms with van der Waals surface area (Å²) < 4.78 is 4.95. The minimum atomic E-state index is -0.0560. The molecule has 9 heteroatoms. The SMILES string of the molecule is Cc1nc(CCNc2ncc(C#N)c(N[C@@H]3CC[C@H]([OH2+])C(C)(C)C3)n2)no1. The van der Waals surface area contributed by atoms with E-state index in [4.69, 9.17) is 9.63 Å². The molecule has 0 unspecified atom stereocenters. The van der Waals surface area contributed by atoms with E-state index in [0.29, 0.717) is 42.0 Å². The molecule has 2 aromatic heterocycles. The predicted octanol–water partition coefficient (Wildman–Crippen LogP) is 1.78. The Labute approximate surface area is 158 Å². The molecule has 3 rings (SSSR count). The molecule has 2 atom stereocenters. The van der Waals surface area contributed by atoms with Crippen LogP contribution in [0.4, 0.5) is 11.8 Å². The highest BCUT2D eigenvalue weighted by atomic mass is 16.5. The van der Waals surface area contributed by atoms with Crippen LogP contribution in [0.3, 0.4) is 0 Å². The second kappa shape index (κ2) is 7.88. The molecule has 27 heavy (non-hydrogen) atoms. The Kier molecular flexibility index (Phi) is 5.56. The van der Waals surface area contributed by atoms with Crippen molar-refractivity contribution in [2.45, 2.75) is 58.6 Å². The molecular weight excluding hydrogens is 346 g/mol. The summed E-state index contributed by atoms with van der Waals surface area (Å²) in [6.45, 7) is 6.55. The maximum absolute atomic E-state index is 9.36. The van der Waals surface area contributed by atoms with Crippen molar-refractivity contribution in [3.8, 4) is 6.07 Å². The van der Waals surface area contributed by atoms with Crippen molar-refractivity contribution in [2.24, 2.45) is 5.41 Å². The monoisotopic (exact) mass is 372 g/mol. The zero-order valence-electron chi connectivity index (χ0n) is 15.9. The lowest BCUT2D eigenvalue weighted by atomic mass is 9.73. The van der Waals surface area contributed by atoms with Gasteiger partial charge in [-0.05, 0) is 12.8 Å². The highest BCUT2D eigenvalue weighted by Gasteiger charge is 2.39. The number of nitriles is 1. The number of aryl methyl sites for hydroxylation is 1. The quantitative estimate of drug-likeness (QED) is 0.732. The standard InChI is InChI=1S/C18H25N7O2/c1-11-22-15(25-27-11)6-7-20-17-21-10-12(9-19)16(24-17)23-13-4-5-14(26)18(2,3)8-13/h10,13-14,26H,4-8H2,1-3H3,(H2,20,21,23,24)/p+1/t13-,14+/m1/s1. The fourth-order valence-electron chi connectivity index (χ4n) is 3.34. The summed E-state index contributed by atoms with van der Waals surface area (Å²) in [6.07, 6.45) is 4.67. The Morgan fingerprint density at radius 1 is 1.37 bits per heavy atom. The maximum Gasteiger partial charge on any atom is 0.224 e. The molecule has 2 aromatic rings. The number of rotatable bonds is 6. The van der Waals surface area contributed by atoms with Gasteiger partial charge in [0, 0.05) is 37.8 Å². The maximum atomic E-state index is 9.36. The first-order valence-electron chi connectivity index (χ1n) is 9.15. The Hall–Kier alpha value is -2.73. The molecule has 1 saturated carbocycles. The number of hydrogen-bond acceptors (Lipinski definition) is 8. The first-order chi connectivity index (χ1) is 12.9. The van der Waals surface area contributed by atoms with Crippen LogP contribution >= 0.6 is 0 Å². The van der Waals surface area contributed by atoms with Crippen LogP contribution < -0.4 is 10.6 Å². The highest BCUT2D eigenvalue weighted by molar-refractivity contribution is 5.54. The molecule has 144 valence electrons. The van der Waals surface area contributed by atoms with Gasteiger partial charge in [0.2, 0.25) is 11.8 Å². The number of hydrogen-bond donors (Lipinski definition) is 2. The summed E-state index contributed by atoms with van der Waals surface area (Å²) >= 11 is 0. The first kappa shape index (κ1) is 19.0. The number of nitrogens with zero attached hydrogens (tertiary/aromatic N) is 5. The van der Waals surface area contributed by atoms with Crippen LogP contribution in [0.15, 0.2) is 10.7 Å². The molecule has 1 aliphatic rings. The minimum absolute atomic E-state index is 0.0533. The smallest absolute Gasteiger partial charge is 0.224 e. The van der Waals surface area contributed by atoms with E-state index in [1.807, 2.05) is 0 Å². The average Bonchev–Trinajstić information content (AvgIpc) is 3.03. The molecule has 0 bridgehead atoms. The van der Waals surface area contributed by atoms with E-state index in [1.54, 1.807) is 6.92 Å². The normalized spacial score (nSPS) is 21.4. The lowest BCUT2D eigenvalue weighted by Crippen LogP contribution is -2.41. The molecule has 9 nitrogen and oxygen atoms in total. The van der Waals surface area contributed by atoms with Crippen molar-refractivity contribution in [2.75, 3.05) is 17.2 Å². The Morgan fingerprint density at radius 2 is 2.19 bits per heavy atom. The minimum Gasteiger partial charge on any atom is -0.443 e. The van der Waals surface area contributed by atoms with Crippen LogP contribution in [0.2, 0.25) is 0 Å². The zero-order chi connectivity index (χ0) is 19.4. The van der Waals surface area contributed by atoms with Crippen molar-refractivity contribution < 1.29 is 9.63 Å². The Morgan fingerprint density at radius 3 is 2.85 bits per heavy atom. The molecular formula is C18H26N7O2+. The van der Waals surface area contributed by atoms with Gasteiger partial charge < -0.3 is 20.3 Å². The van der Waals surface area contributed by atoms with Gasteiger partial charge in [-0.2, -0.15) is 15.2 Å². The van der Waals surface area contributed by atoms with Gasteiger partial charge in [-0.1, -0.05) is 19.0 Å². The molecule has 0 radical (unpaired) electrons. The summed E-state index contributed by atoms with van der Waals surface area (Å²) in [5, 5.41) is 27.9. The number of anilines is 2. The van der Waals surface area contributed by atoms with Gasteiger partial charge in [-0.15, -0.1) is 0 Å². The van der Waals surface area contributed by atoms with Crippen molar-refractivity contribution in [3.63, 3.8) is 0 Å². The summed E-state index contributed by atoms with van der Waals surface area (Å²) in [4.78, 5) is 12.8. The Bertz CT molecular complexity index is 827. The summed E-state index contributed by atoms with van der Waals surface area (Å²) in [6, 6.07) is 2.34. The van der Waals surface area contributed by atoms with Crippen LogP contribution in [0.1, 0.15) is 50.4 Å². The topological polar surface area (TPSA) is 135 Å². The van der Waals surface area contributed by atoms with Gasteiger partial charge in [0.25, 0.3) is 0 Å². The number of nitrogens with one attached hydrogen (secondary N) is 2. The fourth-order valence-corrected chi connectivity index (χ4v) is 3.34. The van der Waals surface area contributed by atoms with Crippen molar-refractivity contribution in [1.29, 1.82) is 5.26 Å². The zero-order valence-corrected chi connectivity index (χ0v) is 15.9. The fraction of sp³-hybridized carbons (Fsp3) is 0.611. The molecule has 0 aromatic carbocycles. The molecule has 0 aliphatic heterocycles. The van der Waals surface area contributed by atoms with Crippen LogP contribution in [-0.2, 0) is 6.42 Å². The predicted molar refractivity (Wildman–Crippen MR) is 100 cm³/mol. The van der Waals surface area contributed by atoms with Gasteiger partial charge in [0.05, 0.1) is 6.20 Å². The lowest BCUT2D eigenvalue weighted by Gasteiger charge is -2.37. The molecule has 2 heterocycles. The highest BCUT2D eigenvalue weighted by Crippen LogP contribution is 2.36. The third-order valence-corrected chi connectivity index (χ3v) is 4.97. The average molecular weight is 372 g/mol. The molecule has 0 spiro atoms. The van der Waals surface area contributed by atoms with E-state index in [9.17, 15) is 5.26 Å². The van der Waals surface area contributed by atoms with Crippen LogP contribution in [0.5, 0.6) is 0 Å². The van der Waals surface area contributed by atoms with E-state index in [0.717, 1.165) is 19.3 Å². The van der Waals surface area contributed by atoms with Gasteiger partial charge in [-0.3, -0.25) is 0 Å². The second-order valence-electron chi connectivity index (χ2n) is 7.64. The third kappa shape index (κ3) is 4.71. The molecule has 4 N–H and O–H groups in total. The second-order valence-corrected chi connectivity index (χ2v) is 7.64.